The highest BCUT2D eigenvalue weighted by atomic mass is 16.5. The number of nitrogens with two attached hydrogens (primary N) is 1. The normalized spacial score (nSPS) is 14.5. The molecule has 0 bridgehead atoms. The van der Waals surface area contributed by atoms with Crippen molar-refractivity contribution in [1.29, 1.82) is 0 Å². The lowest BCUT2D eigenvalue weighted by molar-refractivity contribution is 0.535. The van der Waals surface area contributed by atoms with E-state index in [1.54, 1.807) is 6.20 Å². The lowest BCUT2D eigenvalue weighted by Gasteiger charge is -2.07. The van der Waals surface area contributed by atoms with Crippen LogP contribution in [-0.2, 0) is 0 Å². The summed E-state index contributed by atoms with van der Waals surface area (Å²) < 4.78 is 5.71. The van der Waals surface area contributed by atoms with Gasteiger partial charge in [-0.2, -0.15) is 0 Å². The molecule has 1 aromatic rings. The molecule has 2 N–H and O–H groups in total. The molecule has 3 nitrogen and oxygen atoms in total. The predicted molar refractivity (Wildman–Crippen MR) is 76.9 cm³/mol. The van der Waals surface area contributed by atoms with Gasteiger partial charge in [0.05, 0.1) is 0 Å². The van der Waals surface area contributed by atoms with Crippen molar-refractivity contribution in [2.45, 2.75) is 40.2 Å². The molecule has 0 aliphatic carbocycles. The van der Waals surface area contributed by atoms with Crippen molar-refractivity contribution >= 4 is 5.90 Å². The van der Waals surface area contributed by atoms with Crippen LogP contribution in [0.2, 0.25) is 0 Å². The van der Waals surface area contributed by atoms with E-state index in [1.807, 2.05) is 52.0 Å². The summed E-state index contributed by atoms with van der Waals surface area (Å²) >= 11 is 0. The minimum atomic E-state index is 0.0197. The maximum atomic E-state index is 5.75. The summed E-state index contributed by atoms with van der Waals surface area (Å²) in [4.78, 5) is 4.33. The van der Waals surface area contributed by atoms with Crippen LogP contribution >= 0.6 is 0 Å². The molecule has 1 rings (SSSR count). The van der Waals surface area contributed by atoms with Crippen molar-refractivity contribution in [3.63, 3.8) is 0 Å². The average molecular weight is 246 g/mol. The lowest BCUT2D eigenvalue weighted by Crippen LogP contribution is -2.16. The zero-order valence-electron chi connectivity index (χ0n) is 11.6. The van der Waals surface area contributed by atoms with Gasteiger partial charge in [-0.15, -0.1) is 0 Å². The second kappa shape index (κ2) is 6.97. The lowest BCUT2D eigenvalue weighted by atomic mass is 10.2. The van der Waals surface area contributed by atoms with Crippen LogP contribution in [0.15, 0.2) is 41.0 Å². The number of nitrogens with zero attached hydrogens (tertiary/aromatic N) is 1. The van der Waals surface area contributed by atoms with E-state index in [1.165, 1.54) is 5.56 Å². The van der Waals surface area contributed by atoms with Crippen molar-refractivity contribution in [2.75, 3.05) is 0 Å². The number of aliphatic imine (C=N–C) groups is 1. The standard InChI is InChI=1S/C15H22N2O/c1-5-15(17-10-12(3)13(4)16)18-14-8-6-11(2)7-9-14/h6-10,13H,5,16H2,1-4H3/b12-10+,17-15?. The van der Waals surface area contributed by atoms with Gasteiger partial charge in [-0.1, -0.05) is 24.6 Å². The molecule has 18 heavy (non-hydrogen) atoms. The number of benzene rings is 1. The zero-order chi connectivity index (χ0) is 13.5. The summed E-state index contributed by atoms with van der Waals surface area (Å²) in [6.07, 6.45) is 2.52. The summed E-state index contributed by atoms with van der Waals surface area (Å²) in [6.45, 7) is 7.97. The van der Waals surface area contributed by atoms with Gasteiger partial charge >= 0.3 is 0 Å². The summed E-state index contributed by atoms with van der Waals surface area (Å²) in [7, 11) is 0. The number of hydrogen-bond acceptors (Lipinski definition) is 3. The quantitative estimate of drug-likeness (QED) is 0.653. The molecule has 0 saturated carbocycles. The molecule has 0 spiro atoms. The van der Waals surface area contributed by atoms with E-state index in [-0.39, 0.29) is 6.04 Å². The molecule has 0 aliphatic rings. The third-order valence-electron chi connectivity index (χ3n) is 2.69. The molecule has 1 atom stereocenters. The number of ether oxygens (including phenoxy) is 1. The Morgan fingerprint density at radius 3 is 2.50 bits per heavy atom. The number of aryl methyl sites for hydroxylation is 1. The molecule has 0 fully saturated rings. The van der Waals surface area contributed by atoms with Crippen LogP contribution in [-0.4, -0.2) is 11.9 Å². The topological polar surface area (TPSA) is 47.6 Å². The Hall–Kier alpha value is -1.61. The van der Waals surface area contributed by atoms with E-state index < -0.39 is 0 Å². The molecule has 0 amide bonds. The van der Waals surface area contributed by atoms with Crippen LogP contribution in [0.25, 0.3) is 0 Å². The van der Waals surface area contributed by atoms with E-state index in [2.05, 4.69) is 4.99 Å². The van der Waals surface area contributed by atoms with Crippen LogP contribution in [0.1, 0.15) is 32.8 Å². The zero-order valence-corrected chi connectivity index (χ0v) is 11.6. The van der Waals surface area contributed by atoms with Crippen LogP contribution in [0.5, 0.6) is 5.75 Å². The summed E-state index contributed by atoms with van der Waals surface area (Å²) in [5.41, 5.74) is 8.00. The fourth-order valence-corrected chi connectivity index (χ4v) is 1.22. The first-order chi connectivity index (χ1) is 8.52. The summed E-state index contributed by atoms with van der Waals surface area (Å²) in [5.74, 6) is 1.51. The van der Waals surface area contributed by atoms with Crippen molar-refractivity contribution in [1.82, 2.24) is 0 Å². The van der Waals surface area contributed by atoms with Gasteiger partial charge in [0.1, 0.15) is 5.75 Å². The molecule has 0 aromatic heterocycles. The van der Waals surface area contributed by atoms with Crippen molar-refractivity contribution < 1.29 is 4.74 Å². The Balaban J connectivity index is 2.76. The van der Waals surface area contributed by atoms with Gasteiger partial charge in [0.2, 0.25) is 0 Å². The molecule has 98 valence electrons. The highest BCUT2D eigenvalue weighted by Crippen LogP contribution is 2.12. The van der Waals surface area contributed by atoms with Gasteiger partial charge in [0.15, 0.2) is 5.90 Å². The first-order valence-corrected chi connectivity index (χ1v) is 6.26. The summed E-state index contributed by atoms with van der Waals surface area (Å²) in [6, 6.07) is 7.95. The van der Waals surface area contributed by atoms with Crippen LogP contribution in [0, 0.1) is 6.92 Å². The van der Waals surface area contributed by atoms with Crippen molar-refractivity contribution in [3.05, 3.63) is 41.6 Å². The highest BCUT2D eigenvalue weighted by Gasteiger charge is 2.00. The van der Waals surface area contributed by atoms with E-state index in [0.29, 0.717) is 5.90 Å². The average Bonchev–Trinajstić information content (AvgIpc) is 2.36. The third kappa shape index (κ3) is 4.72. The molecular weight excluding hydrogens is 224 g/mol. The first-order valence-electron chi connectivity index (χ1n) is 6.26. The Labute approximate surface area is 109 Å². The number of rotatable bonds is 4. The Morgan fingerprint density at radius 2 is 2.00 bits per heavy atom. The van der Waals surface area contributed by atoms with Gasteiger partial charge in [-0.05, 0) is 38.5 Å². The number of hydrogen-bond donors (Lipinski definition) is 1. The molecule has 0 saturated heterocycles. The highest BCUT2D eigenvalue weighted by molar-refractivity contribution is 5.78. The second-order valence-corrected chi connectivity index (χ2v) is 4.45. The smallest absolute Gasteiger partial charge is 0.194 e. The molecule has 0 radical (unpaired) electrons. The predicted octanol–water partition coefficient (Wildman–Crippen LogP) is 3.43. The maximum Gasteiger partial charge on any atom is 0.194 e. The van der Waals surface area contributed by atoms with Crippen molar-refractivity contribution in [2.24, 2.45) is 10.7 Å². The van der Waals surface area contributed by atoms with Crippen LogP contribution < -0.4 is 10.5 Å². The van der Waals surface area contributed by atoms with E-state index in [9.17, 15) is 0 Å². The molecule has 0 aliphatic heterocycles. The monoisotopic (exact) mass is 246 g/mol. The van der Waals surface area contributed by atoms with E-state index in [4.69, 9.17) is 10.5 Å². The van der Waals surface area contributed by atoms with Gasteiger partial charge < -0.3 is 10.5 Å². The van der Waals surface area contributed by atoms with Gasteiger partial charge in [-0.3, -0.25) is 0 Å². The molecule has 1 unspecified atom stereocenters. The SMILES string of the molecule is CCC(=N/C=C(\C)C(C)N)Oc1ccc(C)cc1. The third-order valence-corrected chi connectivity index (χ3v) is 2.69. The van der Waals surface area contributed by atoms with E-state index >= 15 is 0 Å². The fourth-order valence-electron chi connectivity index (χ4n) is 1.22. The maximum absolute atomic E-state index is 5.75. The molecule has 3 heteroatoms. The van der Waals surface area contributed by atoms with E-state index in [0.717, 1.165) is 17.7 Å². The second-order valence-electron chi connectivity index (χ2n) is 4.45. The minimum absolute atomic E-state index is 0.0197. The minimum Gasteiger partial charge on any atom is -0.443 e. The van der Waals surface area contributed by atoms with Gasteiger partial charge in [-0.25, -0.2) is 4.99 Å². The Kier molecular flexibility index (Phi) is 5.59. The van der Waals surface area contributed by atoms with Crippen LogP contribution in [0.4, 0.5) is 0 Å². The Bertz CT molecular complexity index is 430. The fraction of sp³-hybridized carbons (Fsp3) is 0.400. The van der Waals surface area contributed by atoms with Gasteiger partial charge in [0, 0.05) is 18.7 Å². The van der Waals surface area contributed by atoms with Gasteiger partial charge in [0.25, 0.3) is 0 Å². The molecule has 1 aromatic carbocycles. The first kappa shape index (κ1) is 14.5. The molecular formula is C15H22N2O. The Morgan fingerprint density at radius 1 is 1.39 bits per heavy atom. The summed E-state index contributed by atoms with van der Waals surface area (Å²) in [5, 5.41) is 0. The van der Waals surface area contributed by atoms with Crippen LogP contribution in [0.3, 0.4) is 0 Å². The largest absolute Gasteiger partial charge is 0.443 e. The van der Waals surface area contributed by atoms with Crippen molar-refractivity contribution in [3.8, 4) is 5.75 Å². The molecule has 0 heterocycles.